The van der Waals surface area contributed by atoms with E-state index in [0.29, 0.717) is 12.8 Å². The molecular weight excluding hydrogens is 550 g/mol. The fourth-order valence-corrected chi connectivity index (χ4v) is 6.23. The highest BCUT2D eigenvalue weighted by Crippen LogP contribution is 2.17. The lowest BCUT2D eigenvalue weighted by Gasteiger charge is -2.29. The maximum atomic E-state index is 13.3. The van der Waals surface area contributed by atoms with Crippen molar-refractivity contribution in [3.8, 4) is 0 Å². The minimum atomic E-state index is -0.959. The minimum Gasteiger partial charge on any atom is -0.481 e. The molecule has 0 aromatic carbocycles. The molecule has 6 heteroatoms. The Morgan fingerprint density at radius 1 is 0.455 bits per heavy atom. The summed E-state index contributed by atoms with van der Waals surface area (Å²) in [5, 5.41) is 18.8. The summed E-state index contributed by atoms with van der Waals surface area (Å²) in [6.45, 7) is 4.56. The molecule has 0 aromatic rings. The highest BCUT2D eigenvalue weighted by atomic mass is 16.4. The lowest BCUT2D eigenvalue weighted by atomic mass is 9.95. The molecule has 0 rings (SSSR count). The Labute approximate surface area is 272 Å². The molecule has 0 heterocycles. The van der Waals surface area contributed by atoms with Gasteiger partial charge in [0.2, 0.25) is 0 Å². The second-order valence-corrected chi connectivity index (χ2v) is 13.2. The van der Waals surface area contributed by atoms with Crippen molar-refractivity contribution in [2.75, 3.05) is 19.7 Å². The lowest BCUT2D eigenvalue weighted by molar-refractivity contribution is -0.140. The van der Waals surface area contributed by atoms with Crippen LogP contribution in [0.5, 0.6) is 0 Å². The third kappa shape index (κ3) is 27.1. The first-order valence-corrected chi connectivity index (χ1v) is 19.1. The van der Waals surface area contributed by atoms with Gasteiger partial charge in [-0.25, -0.2) is 0 Å². The largest absolute Gasteiger partial charge is 0.481 e. The van der Waals surface area contributed by atoms with Crippen LogP contribution in [-0.2, 0) is 14.4 Å². The summed E-state index contributed by atoms with van der Waals surface area (Å²) in [6, 6.07) is -0.920. The maximum Gasteiger partial charge on any atom is 0.304 e. The van der Waals surface area contributed by atoms with Crippen molar-refractivity contribution in [3.63, 3.8) is 0 Å². The Morgan fingerprint density at radius 2 is 0.750 bits per heavy atom. The second kappa shape index (κ2) is 33.1. The molecule has 0 amide bonds. The fraction of sp³-hybridized carbons (Fsp3) is 0.921. The Kier molecular flexibility index (Phi) is 32.1. The van der Waals surface area contributed by atoms with E-state index in [1.165, 1.54) is 128 Å². The summed E-state index contributed by atoms with van der Waals surface area (Å²) in [5.74, 6) is -1.17. The molecule has 260 valence electrons. The van der Waals surface area contributed by atoms with Gasteiger partial charge in [-0.3, -0.25) is 19.3 Å². The molecule has 0 saturated heterocycles. The average molecular weight is 624 g/mol. The Hall–Kier alpha value is -1.27. The standard InChI is InChI=1S/C38H73NO5/c1-3-5-7-9-11-13-15-17-19-21-23-25-27-29-35(41)38(39(33-34-40)32-31-37(43)44)36(42)30-28-26-24-22-20-18-16-14-12-10-8-6-4-2/h38,40H,3-34H2,1-2H3,(H,43,44). The van der Waals surface area contributed by atoms with Gasteiger partial charge in [-0.1, -0.05) is 168 Å². The van der Waals surface area contributed by atoms with Gasteiger partial charge in [0.15, 0.2) is 11.6 Å². The van der Waals surface area contributed by atoms with Gasteiger partial charge in [0.1, 0.15) is 6.04 Å². The number of ketones is 2. The zero-order valence-electron chi connectivity index (χ0n) is 29.3. The van der Waals surface area contributed by atoms with E-state index in [9.17, 15) is 24.6 Å². The molecule has 0 aliphatic heterocycles. The number of hydrogen-bond donors (Lipinski definition) is 2. The van der Waals surface area contributed by atoms with E-state index >= 15 is 0 Å². The number of aliphatic hydroxyl groups excluding tert-OH is 1. The summed E-state index contributed by atoms with van der Waals surface area (Å²) < 4.78 is 0. The Balaban J connectivity index is 4.37. The predicted octanol–water partition coefficient (Wildman–Crippen LogP) is 10.2. The SMILES string of the molecule is CCCCCCCCCCCCCCCC(=O)C(C(=O)CCCCCCCCCCCCCCC)N(CCO)CCC(=O)O. The molecule has 0 saturated carbocycles. The van der Waals surface area contributed by atoms with E-state index in [2.05, 4.69) is 13.8 Å². The van der Waals surface area contributed by atoms with Crippen LogP contribution in [0, 0.1) is 0 Å². The molecule has 0 aliphatic rings. The molecule has 0 aromatic heterocycles. The summed E-state index contributed by atoms with van der Waals surface area (Å²) in [4.78, 5) is 39.4. The van der Waals surface area contributed by atoms with Crippen molar-refractivity contribution in [3.05, 3.63) is 0 Å². The van der Waals surface area contributed by atoms with Gasteiger partial charge in [0.05, 0.1) is 13.0 Å². The van der Waals surface area contributed by atoms with Crippen LogP contribution in [0.3, 0.4) is 0 Å². The van der Waals surface area contributed by atoms with E-state index in [1.807, 2.05) is 0 Å². The normalized spacial score (nSPS) is 11.6. The molecule has 0 radical (unpaired) electrons. The number of carbonyl (C=O) groups is 3. The first-order chi connectivity index (χ1) is 21.5. The number of carbonyl (C=O) groups excluding carboxylic acids is 2. The summed E-state index contributed by atoms with van der Waals surface area (Å²) in [6.07, 6.45) is 32.6. The van der Waals surface area contributed by atoms with E-state index in [0.717, 1.165) is 38.5 Å². The van der Waals surface area contributed by atoms with Gasteiger partial charge in [-0.05, 0) is 12.8 Å². The third-order valence-corrected chi connectivity index (χ3v) is 9.03. The number of aliphatic carboxylic acids is 1. The predicted molar refractivity (Wildman–Crippen MR) is 185 cm³/mol. The van der Waals surface area contributed by atoms with Crippen molar-refractivity contribution in [1.82, 2.24) is 4.90 Å². The van der Waals surface area contributed by atoms with E-state index in [1.54, 1.807) is 4.90 Å². The van der Waals surface area contributed by atoms with Gasteiger partial charge in [0, 0.05) is 25.9 Å². The van der Waals surface area contributed by atoms with Crippen molar-refractivity contribution in [1.29, 1.82) is 0 Å². The molecule has 6 nitrogen and oxygen atoms in total. The summed E-state index contributed by atoms with van der Waals surface area (Å²) >= 11 is 0. The number of hydrogen-bond acceptors (Lipinski definition) is 5. The number of unbranched alkanes of at least 4 members (excludes halogenated alkanes) is 24. The van der Waals surface area contributed by atoms with Crippen LogP contribution in [0.15, 0.2) is 0 Å². The molecular formula is C38H73NO5. The van der Waals surface area contributed by atoms with Crippen LogP contribution in [0.2, 0.25) is 0 Å². The second-order valence-electron chi connectivity index (χ2n) is 13.2. The number of Topliss-reactive ketones (excluding diaryl/α,β-unsaturated/α-hetero) is 2. The smallest absolute Gasteiger partial charge is 0.304 e. The van der Waals surface area contributed by atoms with Crippen molar-refractivity contribution in [2.24, 2.45) is 0 Å². The first kappa shape index (κ1) is 42.7. The minimum absolute atomic E-state index is 0.105. The number of rotatable bonds is 36. The zero-order valence-corrected chi connectivity index (χ0v) is 29.3. The van der Waals surface area contributed by atoms with E-state index < -0.39 is 12.0 Å². The number of carboxylic acid groups (broad SMARTS) is 1. The highest BCUT2D eigenvalue weighted by Gasteiger charge is 2.31. The molecule has 0 aliphatic carbocycles. The highest BCUT2D eigenvalue weighted by molar-refractivity contribution is 6.06. The van der Waals surface area contributed by atoms with Gasteiger partial charge in [-0.2, -0.15) is 0 Å². The van der Waals surface area contributed by atoms with Gasteiger partial charge < -0.3 is 10.2 Å². The van der Waals surface area contributed by atoms with Crippen molar-refractivity contribution in [2.45, 2.75) is 206 Å². The monoisotopic (exact) mass is 624 g/mol. The summed E-state index contributed by atoms with van der Waals surface area (Å²) in [7, 11) is 0. The zero-order chi connectivity index (χ0) is 32.5. The Bertz CT molecular complexity index is 626. The van der Waals surface area contributed by atoms with Gasteiger partial charge >= 0.3 is 5.97 Å². The molecule has 0 atom stereocenters. The van der Waals surface area contributed by atoms with Gasteiger partial charge in [-0.15, -0.1) is 0 Å². The molecule has 0 bridgehead atoms. The maximum absolute atomic E-state index is 13.3. The van der Waals surface area contributed by atoms with Crippen molar-refractivity contribution < 1.29 is 24.6 Å². The van der Waals surface area contributed by atoms with Crippen LogP contribution in [-0.4, -0.2) is 58.4 Å². The van der Waals surface area contributed by atoms with Crippen LogP contribution in [0.25, 0.3) is 0 Å². The van der Waals surface area contributed by atoms with Crippen LogP contribution in [0.1, 0.15) is 200 Å². The van der Waals surface area contributed by atoms with E-state index in [4.69, 9.17) is 0 Å². The van der Waals surface area contributed by atoms with Crippen LogP contribution >= 0.6 is 0 Å². The topological polar surface area (TPSA) is 94.9 Å². The third-order valence-electron chi connectivity index (χ3n) is 9.03. The molecule has 0 spiro atoms. The fourth-order valence-electron chi connectivity index (χ4n) is 6.23. The lowest BCUT2D eigenvalue weighted by Crippen LogP contribution is -2.48. The molecule has 0 fully saturated rings. The van der Waals surface area contributed by atoms with Crippen molar-refractivity contribution >= 4 is 17.5 Å². The first-order valence-electron chi connectivity index (χ1n) is 19.1. The van der Waals surface area contributed by atoms with Crippen LogP contribution < -0.4 is 0 Å². The Morgan fingerprint density at radius 3 is 1.02 bits per heavy atom. The average Bonchev–Trinajstić information content (AvgIpc) is 3.00. The van der Waals surface area contributed by atoms with Crippen LogP contribution in [0.4, 0.5) is 0 Å². The number of aliphatic hydroxyl groups is 1. The quantitative estimate of drug-likeness (QED) is 0.0533. The number of carboxylic acids is 1. The van der Waals surface area contributed by atoms with E-state index in [-0.39, 0.29) is 37.7 Å². The molecule has 0 unspecified atom stereocenters. The summed E-state index contributed by atoms with van der Waals surface area (Å²) in [5.41, 5.74) is 0. The molecule has 44 heavy (non-hydrogen) atoms. The van der Waals surface area contributed by atoms with Gasteiger partial charge in [0.25, 0.3) is 0 Å². The number of nitrogens with zero attached hydrogens (tertiary/aromatic N) is 1. The molecule has 2 N–H and O–H groups in total.